The van der Waals surface area contributed by atoms with E-state index in [0.717, 1.165) is 23.1 Å². The van der Waals surface area contributed by atoms with Crippen LogP contribution in [0.1, 0.15) is 43.0 Å². The maximum atomic E-state index is 13.4. The predicted octanol–water partition coefficient (Wildman–Crippen LogP) is 5.01. The van der Waals surface area contributed by atoms with Crippen molar-refractivity contribution >= 4 is 6.09 Å². The third-order valence-electron chi connectivity index (χ3n) is 4.55. The molecule has 0 atom stereocenters. The molecular weight excluding hydrogens is 345 g/mol. The van der Waals surface area contributed by atoms with Gasteiger partial charge in [-0.15, -0.1) is 0 Å². The van der Waals surface area contributed by atoms with Gasteiger partial charge in [-0.25, -0.2) is 9.18 Å². The van der Waals surface area contributed by atoms with E-state index in [9.17, 15) is 9.18 Å². The molecule has 0 fully saturated rings. The lowest BCUT2D eigenvalue weighted by molar-refractivity contribution is 0.0223. The van der Waals surface area contributed by atoms with Crippen LogP contribution in [0.25, 0.3) is 0 Å². The molecule has 4 nitrogen and oxygen atoms in total. The van der Waals surface area contributed by atoms with E-state index in [1.165, 1.54) is 17.7 Å². The fourth-order valence-electron chi connectivity index (χ4n) is 3.06. The second kappa shape index (κ2) is 7.59. The Morgan fingerprint density at radius 1 is 1.15 bits per heavy atom. The van der Waals surface area contributed by atoms with Gasteiger partial charge < -0.3 is 14.4 Å². The molecule has 1 heterocycles. The Morgan fingerprint density at radius 3 is 2.67 bits per heavy atom. The summed E-state index contributed by atoms with van der Waals surface area (Å²) in [5, 5.41) is 0. The van der Waals surface area contributed by atoms with E-state index < -0.39 is 5.60 Å². The standard InChI is InChI=1S/C22H26FNO3/c1-15-5-7-19(23)11-18(15)14-26-20-8-6-16-9-10-24(13-17(16)12-20)21(25)27-22(2,3)4/h5-8,11-12H,9-10,13-14H2,1-4H3. The van der Waals surface area contributed by atoms with Crippen LogP contribution < -0.4 is 4.74 Å². The van der Waals surface area contributed by atoms with E-state index in [0.29, 0.717) is 25.4 Å². The molecule has 0 aromatic heterocycles. The van der Waals surface area contributed by atoms with Crippen LogP contribution in [0.2, 0.25) is 0 Å². The molecule has 0 radical (unpaired) electrons. The Labute approximate surface area is 159 Å². The van der Waals surface area contributed by atoms with Gasteiger partial charge in [0.25, 0.3) is 0 Å². The number of hydrogen-bond acceptors (Lipinski definition) is 3. The molecule has 0 unspecified atom stereocenters. The maximum Gasteiger partial charge on any atom is 0.410 e. The fourth-order valence-corrected chi connectivity index (χ4v) is 3.06. The smallest absolute Gasteiger partial charge is 0.410 e. The lowest BCUT2D eigenvalue weighted by Gasteiger charge is -2.31. The summed E-state index contributed by atoms with van der Waals surface area (Å²) in [5.41, 5.74) is 3.57. The first-order chi connectivity index (χ1) is 12.7. The first-order valence-electron chi connectivity index (χ1n) is 9.19. The van der Waals surface area contributed by atoms with Gasteiger partial charge in [0.15, 0.2) is 0 Å². The summed E-state index contributed by atoms with van der Waals surface area (Å²) in [6.45, 7) is 8.97. The van der Waals surface area contributed by atoms with Crippen molar-refractivity contribution in [2.45, 2.75) is 52.9 Å². The number of benzene rings is 2. The average molecular weight is 371 g/mol. The normalized spacial score (nSPS) is 13.9. The topological polar surface area (TPSA) is 38.8 Å². The molecule has 0 N–H and O–H groups in total. The van der Waals surface area contributed by atoms with E-state index in [1.54, 1.807) is 11.0 Å². The quantitative estimate of drug-likeness (QED) is 0.762. The number of carbonyl (C=O) groups is 1. The van der Waals surface area contributed by atoms with E-state index in [2.05, 4.69) is 0 Å². The summed E-state index contributed by atoms with van der Waals surface area (Å²) in [6.07, 6.45) is 0.493. The van der Waals surface area contributed by atoms with Gasteiger partial charge in [0.05, 0.1) is 0 Å². The van der Waals surface area contributed by atoms with Crippen LogP contribution in [0.3, 0.4) is 0 Å². The molecule has 1 aliphatic rings. The van der Waals surface area contributed by atoms with Crippen molar-refractivity contribution in [2.24, 2.45) is 0 Å². The van der Waals surface area contributed by atoms with E-state index in [4.69, 9.17) is 9.47 Å². The minimum atomic E-state index is -0.509. The minimum absolute atomic E-state index is 0.266. The Balaban J connectivity index is 1.68. The fraction of sp³-hybridized carbons (Fsp3) is 0.409. The van der Waals surface area contributed by atoms with Crippen molar-refractivity contribution in [1.29, 1.82) is 0 Å². The number of aryl methyl sites for hydroxylation is 1. The summed E-state index contributed by atoms with van der Waals surface area (Å²) < 4.78 is 24.8. The van der Waals surface area contributed by atoms with E-state index in [-0.39, 0.29) is 11.9 Å². The molecule has 0 saturated carbocycles. The number of hydrogen-bond donors (Lipinski definition) is 0. The largest absolute Gasteiger partial charge is 0.489 e. The Bertz CT molecular complexity index is 842. The van der Waals surface area contributed by atoms with Crippen LogP contribution in [0.5, 0.6) is 5.75 Å². The number of nitrogens with zero attached hydrogens (tertiary/aromatic N) is 1. The number of amides is 1. The molecule has 2 aromatic carbocycles. The summed E-state index contributed by atoms with van der Waals surface area (Å²) in [6, 6.07) is 10.6. The summed E-state index contributed by atoms with van der Waals surface area (Å²) >= 11 is 0. The van der Waals surface area contributed by atoms with Crippen LogP contribution in [0.4, 0.5) is 9.18 Å². The lowest BCUT2D eigenvalue weighted by atomic mass is 10.00. The first kappa shape index (κ1) is 19.2. The minimum Gasteiger partial charge on any atom is -0.489 e. The van der Waals surface area contributed by atoms with Gasteiger partial charge >= 0.3 is 6.09 Å². The molecule has 27 heavy (non-hydrogen) atoms. The number of halogens is 1. The third-order valence-corrected chi connectivity index (χ3v) is 4.55. The number of rotatable bonds is 3. The highest BCUT2D eigenvalue weighted by molar-refractivity contribution is 5.68. The van der Waals surface area contributed by atoms with Crippen molar-refractivity contribution in [3.8, 4) is 5.75 Å². The summed E-state index contributed by atoms with van der Waals surface area (Å²) in [5.74, 6) is 0.445. The number of fused-ring (bicyclic) bond motifs is 1. The molecule has 1 aliphatic heterocycles. The van der Waals surface area contributed by atoms with Gasteiger partial charge in [-0.05, 0) is 80.6 Å². The van der Waals surface area contributed by atoms with Gasteiger partial charge in [-0.2, -0.15) is 0 Å². The Hall–Kier alpha value is -2.56. The number of ether oxygens (including phenoxy) is 2. The van der Waals surface area contributed by atoms with Crippen LogP contribution in [0.15, 0.2) is 36.4 Å². The molecule has 0 bridgehead atoms. The van der Waals surface area contributed by atoms with Crippen LogP contribution in [0, 0.1) is 12.7 Å². The predicted molar refractivity (Wildman–Crippen MR) is 102 cm³/mol. The van der Waals surface area contributed by atoms with Gasteiger partial charge in [0.2, 0.25) is 0 Å². The molecule has 2 aromatic rings. The second-order valence-corrected chi connectivity index (χ2v) is 7.94. The lowest BCUT2D eigenvalue weighted by Crippen LogP contribution is -2.39. The third kappa shape index (κ3) is 5.00. The molecule has 0 spiro atoms. The van der Waals surface area contributed by atoms with Crippen molar-refractivity contribution < 1.29 is 18.7 Å². The Kier molecular flexibility index (Phi) is 5.40. The zero-order valence-corrected chi connectivity index (χ0v) is 16.3. The van der Waals surface area contributed by atoms with E-state index in [1.807, 2.05) is 45.9 Å². The molecule has 0 aliphatic carbocycles. The van der Waals surface area contributed by atoms with Gasteiger partial charge in [-0.1, -0.05) is 12.1 Å². The molecular formula is C22H26FNO3. The van der Waals surface area contributed by atoms with E-state index >= 15 is 0 Å². The molecule has 0 saturated heterocycles. The molecule has 3 rings (SSSR count). The van der Waals surface area contributed by atoms with Crippen LogP contribution in [-0.4, -0.2) is 23.1 Å². The summed E-state index contributed by atoms with van der Waals surface area (Å²) in [7, 11) is 0. The van der Waals surface area contributed by atoms with Crippen LogP contribution >= 0.6 is 0 Å². The molecule has 144 valence electrons. The molecule has 1 amide bonds. The molecule has 5 heteroatoms. The Morgan fingerprint density at radius 2 is 1.93 bits per heavy atom. The van der Waals surface area contributed by atoms with Gasteiger partial charge in [-0.3, -0.25) is 0 Å². The highest BCUT2D eigenvalue weighted by atomic mass is 19.1. The van der Waals surface area contributed by atoms with Crippen LogP contribution in [-0.2, 0) is 24.3 Å². The first-order valence-corrected chi connectivity index (χ1v) is 9.19. The maximum absolute atomic E-state index is 13.4. The SMILES string of the molecule is Cc1ccc(F)cc1COc1ccc2c(c1)CN(C(=O)OC(C)(C)C)CC2. The zero-order chi connectivity index (χ0) is 19.6. The van der Waals surface area contributed by atoms with Crippen molar-refractivity contribution in [3.63, 3.8) is 0 Å². The number of carbonyl (C=O) groups excluding carboxylic acids is 1. The monoisotopic (exact) mass is 371 g/mol. The van der Waals surface area contributed by atoms with Gasteiger partial charge in [0, 0.05) is 13.1 Å². The highest BCUT2D eigenvalue weighted by Gasteiger charge is 2.25. The zero-order valence-electron chi connectivity index (χ0n) is 16.3. The van der Waals surface area contributed by atoms with Gasteiger partial charge in [0.1, 0.15) is 23.8 Å². The van der Waals surface area contributed by atoms with Crippen molar-refractivity contribution in [1.82, 2.24) is 4.90 Å². The highest BCUT2D eigenvalue weighted by Crippen LogP contribution is 2.26. The second-order valence-electron chi connectivity index (χ2n) is 7.94. The van der Waals surface area contributed by atoms with Crippen molar-refractivity contribution in [3.05, 3.63) is 64.5 Å². The van der Waals surface area contributed by atoms with Crippen molar-refractivity contribution in [2.75, 3.05) is 6.54 Å². The average Bonchev–Trinajstić information content (AvgIpc) is 2.60. The summed E-state index contributed by atoms with van der Waals surface area (Å²) in [4.78, 5) is 14.0.